The molecule has 0 aliphatic heterocycles. The summed E-state index contributed by atoms with van der Waals surface area (Å²) < 4.78 is 1.65. The van der Waals surface area contributed by atoms with E-state index in [0.29, 0.717) is 13.0 Å². The Morgan fingerprint density at radius 1 is 1.35 bits per heavy atom. The number of rotatable bonds is 4. The van der Waals surface area contributed by atoms with Crippen molar-refractivity contribution >= 4 is 22.4 Å². The molecule has 0 saturated heterocycles. The van der Waals surface area contributed by atoms with Gasteiger partial charge in [0, 0.05) is 17.5 Å². The van der Waals surface area contributed by atoms with Crippen LogP contribution in [0, 0.1) is 0 Å². The first kappa shape index (κ1) is 13.2. The highest BCUT2D eigenvalue weighted by Gasteiger charge is 2.15. The summed E-state index contributed by atoms with van der Waals surface area (Å²) in [6, 6.07) is 0. The van der Waals surface area contributed by atoms with Crippen LogP contribution in [0.4, 0.5) is 5.13 Å². The second-order valence-corrected chi connectivity index (χ2v) is 6.00. The molecular weight excluding hydrogens is 274 g/mol. The largest absolute Gasteiger partial charge is 0.302 e. The number of carbonyl (C=O) groups excluding carboxylic acids is 1. The molecule has 0 fully saturated rings. The van der Waals surface area contributed by atoms with Crippen LogP contribution in [0.5, 0.6) is 0 Å². The molecule has 0 spiro atoms. The van der Waals surface area contributed by atoms with Gasteiger partial charge in [-0.1, -0.05) is 11.6 Å². The van der Waals surface area contributed by atoms with Gasteiger partial charge in [0.2, 0.25) is 5.91 Å². The number of hydrogen-bond donors (Lipinski definition) is 1. The Balaban J connectivity index is 1.56. The van der Waals surface area contributed by atoms with Gasteiger partial charge < -0.3 is 5.32 Å². The first-order valence-corrected chi connectivity index (χ1v) is 7.75. The standard InChI is InChI=1S/C13H17N5OS/c19-12(6-8-18-9-7-14-17-18)16-13-15-10-4-2-1-3-5-11(10)20-13/h7,9H,1-6,8H2,(H,15,16,19). The van der Waals surface area contributed by atoms with E-state index in [1.54, 1.807) is 28.4 Å². The quantitative estimate of drug-likeness (QED) is 0.875. The fourth-order valence-corrected chi connectivity index (χ4v) is 3.40. The molecule has 0 atom stereocenters. The van der Waals surface area contributed by atoms with E-state index in [4.69, 9.17) is 0 Å². The van der Waals surface area contributed by atoms with Gasteiger partial charge in [0.1, 0.15) is 0 Å². The van der Waals surface area contributed by atoms with Gasteiger partial charge in [0.25, 0.3) is 0 Å². The number of carbonyl (C=O) groups is 1. The molecule has 0 bridgehead atoms. The van der Waals surface area contributed by atoms with Crippen LogP contribution in [0.2, 0.25) is 0 Å². The van der Waals surface area contributed by atoms with Crippen molar-refractivity contribution in [3.8, 4) is 0 Å². The van der Waals surface area contributed by atoms with E-state index >= 15 is 0 Å². The molecule has 6 nitrogen and oxygen atoms in total. The lowest BCUT2D eigenvalue weighted by molar-refractivity contribution is -0.116. The summed E-state index contributed by atoms with van der Waals surface area (Å²) in [5.41, 5.74) is 1.18. The summed E-state index contributed by atoms with van der Waals surface area (Å²) in [6.45, 7) is 0.539. The zero-order valence-corrected chi connectivity index (χ0v) is 12.0. The van der Waals surface area contributed by atoms with Crippen molar-refractivity contribution in [1.29, 1.82) is 0 Å². The van der Waals surface area contributed by atoms with Gasteiger partial charge in [0.05, 0.1) is 18.4 Å². The first-order chi connectivity index (χ1) is 9.81. The molecule has 1 amide bonds. The molecule has 0 unspecified atom stereocenters. The van der Waals surface area contributed by atoms with Crippen molar-refractivity contribution < 1.29 is 4.79 Å². The van der Waals surface area contributed by atoms with E-state index in [-0.39, 0.29) is 5.91 Å². The van der Waals surface area contributed by atoms with Gasteiger partial charge in [-0.3, -0.25) is 9.48 Å². The molecule has 2 heterocycles. The second kappa shape index (κ2) is 6.13. The number of nitrogens with one attached hydrogen (secondary N) is 1. The molecular formula is C13H17N5OS. The average Bonchev–Trinajstić information content (AvgIpc) is 3.03. The van der Waals surface area contributed by atoms with Crippen LogP contribution < -0.4 is 5.32 Å². The Hall–Kier alpha value is -1.76. The number of anilines is 1. The van der Waals surface area contributed by atoms with Gasteiger partial charge in [-0.2, -0.15) is 0 Å². The van der Waals surface area contributed by atoms with Gasteiger partial charge in [-0.05, 0) is 25.7 Å². The van der Waals surface area contributed by atoms with Crippen molar-refractivity contribution in [3.63, 3.8) is 0 Å². The molecule has 2 aromatic rings. The van der Waals surface area contributed by atoms with Crippen LogP contribution in [0.3, 0.4) is 0 Å². The zero-order valence-electron chi connectivity index (χ0n) is 11.2. The SMILES string of the molecule is O=C(CCn1ccnn1)Nc1nc2c(s1)CCCCC2. The van der Waals surface area contributed by atoms with Gasteiger partial charge in [-0.15, -0.1) is 16.4 Å². The van der Waals surface area contributed by atoms with Crippen LogP contribution in [-0.2, 0) is 24.2 Å². The summed E-state index contributed by atoms with van der Waals surface area (Å²) in [4.78, 5) is 17.8. The van der Waals surface area contributed by atoms with Gasteiger partial charge >= 0.3 is 0 Å². The third kappa shape index (κ3) is 3.22. The molecule has 0 saturated carbocycles. The van der Waals surface area contributed by atoms with E-state index in [2.05, 4.69) is 20.6 Å². The fraction of sp³-hybridized carbons (Fsp3) is 0.538. The number of nitrogens with zero attached hydrogens (tertiary/aromatic N) is 4. The van der Waals surface area contributed by atoms with Crippen molar-refractivity contribution in [2.75, 3.05) is 5.32 Å². The summed E-state index contributed by atoms with van der Waals surface area (Å²) in [5.74, 6) is -0.0237. The van der Waals surface area contributed by atoms with Crippen LogP contribution >= 0.6 is 11.3 Å². The number of hydrogen-bond acceptors (Lipinski definition) is 5. The van der Waals surface area contributed by atoms with Gasteiger partial charge in [-0.25, -0.2) is 4.98 Å². The van der Waals surface area contributed by atoms with E-state index in [1.807, 2.05) is 0 Å². The van der Waals surface area contributed by atoms with Crippen LogP contribution in [0.25, 0.3) is 0 Å². The second-order valence-electron chi connectivity index (χ2n) is 4.91. The lowest BCUT2D eigenvalue weighted by Gasteiger charge is -2.01. The van der Waals surface area contributed by atoms with E-state index in [1.165, 1.54) is 29.8 Å². The van der Waals surface area contributed by atoms with E-state index < -0.39 is 0 Å². The highest BCUT2D eigenvalue weighted by atomic mass is 32.1. The molecule has 7 heteroatoms. The Morgan fingerprint density at radius 2 is 2.25 bits per heavy atom. The first-order valence-electron chi connectivity index (χ1n) is 6.94. The Morgan fingerprint density at radius 3 is 3.10 bits per heavy atom. The summed E-state index contributed by atoms with van der Waals surface area (Å²) >= 11 is 1.62. The van der Waals surface area contributed by atoms with Gasteiger partial charge in [0.15, 0.2) is 5.13 Å². The minimum Gasteiger partial charge on any atom is -0.302 e. The van der Waals surface area contributed by atoms with Crippen LogP contribution in [0.1, 0.15) is 36.3 Å². The number of aryl methyl sites for hydroxylation is 3. The summed E-state index contributed by atoms with van der Waals surface area (Å²) in [6.07, 6.45) is 9.60. The summed E-state index contributed by atoms with van der Waals surface area (Å²) in [5, 5.41) is 11.2. The number of fused-ring (bicyclic) bond motifs is 1. The highest BCUT2D eigenvalue weighted by Crippen LogP contribution is 2.28. The predicted octanol–water partition coefficient (Wildman–Crippen LogP) is 2.03. The lowest BCUT2D eigenvalue weighted by Crippen LogP contribution is -2.14. The molecule has 1 aliphatic rings. The zero-order chi connectivity index (χ0) is 13.8. The molecule has 106 valence electrons. The maximum absolute atomic E-state index is 11.9. The minimum atomic E-state index is -0.0237. The van der Waals surface area contributed by atoms with Crippen molar-refractivity contribution in [3.05, 3.63) is 23.0 Å². The number of thiazole rings is 1. The predicted molar refractivity (Wildman–Crippen MR) is 76.6 cm³/mol. The van der Waals surface area contributed by atoms with Crippen molar-refractivity contribution in [2.45, 2.75) is 45.1 Å². The van der Waals surface area contributed by atoms with Crippen LogP contribution in [-0.4, -0.2) is 25.9 Å². The Bertz CT molecular complexity index is 554. The molecule has 2 aromatic heterocycles. The number of aromatic nitrogens is 4. The molecule has 3 rings (SSSR count). The topological polar surface area (TPSA) is 72.7 Å². The smallest absolute Gasteiger partial charge is 0.228 e. The molecule has 1 aliphatic carbocycles. The fourth-order valence-electron chi connectivity index (χ4n) is 2.33. The molecule has 1 N–H and O–H groups in total. The van der Waals surface area contributed by atoms with Crippen molar-refractivity contribution in [1.82, 2.24) is 20.0 Å². The minimum absolute atomic E-state index is 0.0237. The van der Waals surface area contributed by atoms with E-state index in [9.17, 15) is 4.79 Å². The third-order valence-electron chi connectivity index (χ3n) is 3.38. The maximum Gasteiger partial charge on any atom is 0.228 e. The Labute approximate surface area is 121 Å². The van der Waals surface area contributed by atoms with Crippen LogP contribution in [0.15, 0.2) is 12.4 Å². The maximum atomic E-state index is 11.9. The summed E-state index contributed by atoms with van der Waals surface area (Å²) in [7, 11) is 0. The molecule has 0 aromatic carbocycles. The third-order valence-corrected chi connectivity index (χ3v) is 4.45. The molecule has 0 radical (unpaired) electrons. The molecule has 20 heavy (non-hydrogen) atoms. The highest BCUT2D eigenvalue weighted by molar-refractivity contribution is 7.15. The monoisotopic (exact) mass is 291 g/mol. The lowest BCUT2D eigenvalue weighted by atomic mass is 10.2. The number of amides is 1. The van der Waals surface area contributed by atoms with E-state index in [0.717, 1.165) is 18.0 Å². The average molecular weight is 291 g/mol. The Kier molecular flexibility index (Phi) is 4.05. The normalized spacial score (nSPS) is 14.6. The van der Waals surface area contributed by atoms with Crippen molar-refractivity contribution in [2.24, 2.45) is 0 Å².